The summed E-state index contributed by atoms with van der Waals surface area (Å²) in [6, 6.07) is 5.21. The number of carbonyl (C=O) groups is 1. The number of hydrogen-bond acceptors (Lipinski definition) is 4. The Labute approximate surface area is 111 Å². The minimum Gasteiger partial charge on any atom is -0.480 e. The van der Waals surface area contributed by atoms with Gasteiger partial charge in [0.25, 0.3) is 0 Å². The lowest BCUT2D eigenvalue weighted by molar-refractivity contribution is -0.142. The molecule has 0 amide bonds. The van der Waals surface area contributed by atoms with E-state index in [4.69, 9.17) is 9.47 Å². The van der Waals surface area contributed by atoms with Gasteiger partial charge in [0.15, 0.2) is 11.5 Å². The van der Waals surface area contributed by atoms with Gasteiger partial charge >= 0.3 is 5.97 Å². The molecule has 0 spiro atoms. The lowest BCUT2D eigenvalue weighted by Crippen LogP contribution is -2.40. The highest BCUT2D eigenvalue weighted by Gasteiger charge is 2.28. The van der Waals surface area contributed by atoms with Crippen LogP contribution in [0.5, 0.6) is 11.5 Å². The van der Waals surface area contributed by atoms with E-state index in [9.17, 15) is 9.90 Å². The number of nitrogens with zero attached hydrogens (tertiary/aromatic N) is 1. The fourth-order valence-electron chi connectivity index (χ4n) is 2.72. The summed E-state index contributed by atoms with van der Waals surface area (Å²) in [5, 5.41) is 9.39. The van der Waals surface area contributed by atoms with Crippen LogP contribution in [-0.4, -0.2) is 41.9 Å². The summed E-state index contributed by atoms with van der Waals surface area (Å²) in [6.07, 6.45) is 2.68. The molecular weight excluding hydrogens is 246 g/mol. The zero-order valence-electron chi connectivity index (χ0n) is 10.7. The number of carboxylic acid groups (broad SMARTS) is 1. The Morgan fingerprint density at radius 2 is 2.00 bits per heavy atom. The molecule has 1 N–H and O–H groups in total. The highest BCUT2D eigenvalue weighted by Crippen LogP contribution is 2.33. The molecule has 2 aliphatic rings. The summed E-state index contributed by atoms with van der Waals surface area (Å²) in [5.74, 6) is 0.694. The first-order valence-corrected chi connectivity index (χ1v) is 6.59. The molecule has 102 valence electrons. The molecule has 1 unspecified atom stereocenters. The van der Waals surface area contributed by atoms with Gasteiger partial charge < -0.3 is 14.6 Å². The van der Waals surface area contributed by atoms with Crippen molar-refractivity contribution in [2.45, 2.75) is 25.3 Å². The lowest BCUT2D eigenvalue weighted by atomic mass is 10.0. The van der Waals surface area contributed by atoms with E-state index in [1.165, 1.54) is 0 Å². The molecule has 0 radical (unpaired) electrons. The predicted octanol–water partition coefficient (Wildman–Crippen LogP) is 1.51. The molecule has 2 aliphatic heterocycles. The summed E-state index contributed by atoms with van der Waals surface area (Å²) < 4.78 is 10.6. The summed E-state index contributed by atoms with van der Waals surface area (Å²) in [4.78, 5) is 13.5. The molecule has 5 nitrogen and oxygen atoms in total. The smallest absolute Gasteiger partial charge is 0.321 e. The van der Waals surface area contributed by atoms with Gasteiger partial charge in [-0.2, -0.15) is 0 Å². The van der Waals surface area contributed by atoms with Gasteiger partial charge in [0.2, 0.25) is 6.79 Å². The van der Waals surface area contributed by atoms with Crippen molar-refractivity contribution in [2.24, 2.45) is 0 Å². The van der Waals surface area contributed by atoms with Crippen LogP contribution in [0.4, 0.5) is 0 Å². The largest absolute Gasteiger partial charge is 0.480 e. The molecule has 1 saturated heterocycles. The van der Waals surface area contributed by atoms with Gasteiger partial charge in [-0.15, -0.1) is 0 Å². The average Bonchev–Trinajstić information content (AvgIpc) is 3.06. The quantitative estimate of drug-likeness (QED) is 0.892. The first-order valence-electron chi connectivity index (χ1n) is 6.59. The summed E-state index contributed by atoms with van der Waals surface area (Å²) in [6.45, 7) is 2.00. The van der Waals surface area contributed by atoms with Crippen molar-refractivity contribution in [3.8, 4) is 11.5 Å². The van der Waals surface area contributed by atoms with Crippen LogP contribution in [0.25, 0.3) is 0 Å². The third-order valence-corrected chi connectivity index (χ3v) is 3.73. The van der Waals surface area contributed by atoms with Gasteiger partial charge in [-0.05, 0) is 50.0 Å². The Morgan fingerprint density at radius 1 is 1.26 bits per heavy atom. The molecule has 1 atom stereocenters. The Bertz CT molecular complexity index is 482. The second-order valence-corrected chi connectivity index (χ2v) is 4.99. The molecule has 0 bridgehead atoms. The van der Waals surface area contributed by atoms with Gasteiger partial charge in [0.05, 0.1) is 0 Å². The van der Waals surface area contributed by atoms with Crippen LogP contribution >= 0.6 is 0 Å². The molecule has 19 heavy (non-hydrogen) atoms. The van der Waals surface area contributed by atoms with Crippen LogP contribution in [-0.2, 0) is 11.2 Å². The SMILES string of the molecule is O=C(O)C(Cc1ccc2c(c1)OCO2)N1CCCC1. The number of hydrogen-bond donors (Lipinski definition) is 1. The topological polar surface area (TPSA) is 59.0 Å². The highest BCUT2D eigenvalue weighted by molar-refractivity contribution is 5.74. The number of fused-ring (bicyclic) bond motifs is 1. The molecule has 1 aromatic carbocycles. The van der Waals surface area contributed by atoms with Crippen LogP contribution in [0, 0.1) is 0 Å². The standard InChI is InChI=1S/C14H17NO4/c16-14(17)11(15-5-1-2-6-15)7-10-3-4-12-13(8-10)19-9-18-12/h3-4,8,11H,1-2,5-7,9H2,(H,16,17). The van der Waals surface area contributed by atoms with E-state index in [2.05, 4.69) is 0 Å². The number of likely N-dealkylation sites (tertiary alicyclic amines) is 1. The van der Waals surface area contributed by atoms with E-state index in [1.807, 2.05) is 23.1 Å². The minimum atomic E-state index is -0.750. The molecule has 0 saturated carbocycles. The Morgan fingerprint density at radius 3 is 2.74 bits per heavy atom. The van der Waals surface area contributed by atoms with Crippen molar-refractivity contribution in [1.29, 1.82) is 0 Å². The fraction of sp³-hybridized carbons (Fsp3) is 0.500. The zero-order chi connectivity index (χ0) is 13.2. The van der Waals surface area contributed by atoms with Crippen molar-refractivity contribution in [2.75, 3.05) is 19.9 Å². The third kappa shape index (κ3) is 2.51. The lowest BCUT2D eigenvalue weighted by Gasteiger charge is -2.23. The number of aliphatic carboxylic acids is 1. The van der Waals surface area contributed by atoms with Crippen LogP contribution in [0.15, 0.2) is 18.2 Å². The first kappa shape index (κ1) is 12.3. The van der Waals surface area contributed by atoms with E-state index >= 15 is 0 Å². The van der Waals surface area contributed by atoms with Crippen molar-refractivity contribution in [3.05, 3.63) is 23.8 Å². The Kier molecular flexibility index (Phi) is 3.29. The van der Waals surface area contributed by atoms with E-state index in [0.717, 1.165) is 37.2 Å². The summed E-state index contributed by atoms with van der Waals surface area (Å²) in [5.41, 5.74) is 0.976. The summed E-state index contributed by atoms with van der Waals surface area (Å²) >= 11 is 0. The zero-order valence-corrected chi connectivity index (χ0v) is 10.7. The van der Waals surface area contributed by atoms with E-state index in [-0.39, 0.29) is 6.79 Å². The third-order valence-electron chi connectivity index (χ3n) is 3.73. The molecule has 5 heteroatoms. The van der Waals surface area contributed by atoms with E-state index in [1.54, 1.807) is 0 Å². The molecule has 3 rings (SSSR count). The van der Waals surface area contributed by atoms with Gasteiger partial charge in [-0.25, -0.2) is 0 Å². The monoisotopic (exact) mass is 263 g/mol. The average molecular weight is 263 g/mol. The van der Waals surface area contributed by atoms with Crippen LogP contribution in [0.2, 0.25) is 0 Å². The van der Waals surface area contributed by atoms with Crippen LogP contribution < -0.4 is 9.47 Å². The molecular formula is C14H17NO4. The fourth-order valence-corrected chi connectivity index (χ4v) is 2.72. The number of rotatable bonds is 4. The van der Waals surface area contributed by atoms with Crippen molar-refractivity contribution < 1.29 is 19.4 Å². The van der Waals surface area contributed by atoms with E-state index in [0.29, 0.717) is 12.2 Å². The minimum absolute atomic E-state index is 0.243. The highest BCUT2D eigenvalue weighted by atomic mass is 16.7. The van der Waals surface area contributed by atoms with Crippen LogP contribution in [0.1, 0.15) is 18.4 Å². The number of benzene rings is 1. The molecule has 2 heterocycles. The molecule has 0 aromatic heterocycles. The van der Waals surface area contributed by atoms with E-state index < -0.39 is 12.0 Å². The van der Waals surface area contributed by atoms with Crippen molar-refractivity contribution >= 4 is 5.97 Å². The van der Waals surface area contributed by atoms with Crippen molar-refractivity contribution in [3.63, 3.8) is 0 Å². The van der Waals surface area contributed by atoms with Gasteiger partial charge in [-0.3, -0.25) is 9.69 Å². The maximum atomic E-state index is 11.4. The second-order valence-electron chi connectivity index (χ2n) is 4.99. The second kappa shape index (κ2) is 5.09. The predicted molar refractivity (Wildman–Crippen MR) is 68.5 cm³/mol. The number of ether oxygens (including phenoxy) is 2. The normalized spacial score (nSPS) is 19.6. The molecule has 0 aliphatic carbocycles. The molecule has 1 aromatic rings. The molecule has 1 fully saturated rings. The maximum Gasteiger partial charge on any atom is 0.321 e. The Balaban J connectivity index is 1.76. The first-order chi connectivity index (χ1) is 9.24. The van der Waals surface area contributed by atoms with Gasteiger partial charge in [-0.1, -0.05) is 6.07 Å². The Hall–Kier alpha value is -1.75. The van der Waals surface area contributed by atoms with Crippen molar-refractivity contribution in [1.82, 2.24) is 4.90 Å². The maximum absolute atomic E-state index is 11.4. The van der Waals surface area contributed by atoms with Gasteiger partial charge in [0, 0.05) is 0 Å². The summed E-state index contributed by atoms with van der Waals surface area (Å²) in [7, 11) is 0. The number of carboxylic acids is 1. The van der Waals surface area contributed by atoms with Crippen LogP contribution in [0.3, 0.4) is 0 Å². The van der Waals surface area contributed by atoms with Gasteiger partial charge in [0.1, 0.15) is 6.04 Å².